The van der Waals surface area contributed by atoms with E-state index in [1.165, 1.54) is 30.5 Å². The Kier molecular flexibility index (Phi) is 5.60. The van der Waals surface area contributed by atoms with Crippen molar-refractivity contribution >= 4 is 27.4 Å². The Morgan fingerprint density at radius 1 is 0.875 bits per heavy atom. The van der Waals surface area contributed by atoms with Crippen LogP contribution >= 0.6 is 0 Å². The first-order valence-electron chi connectivity index (χ1n) is 9.54. The average molecular weight is 451 g/mol. The van der Waals surface area contributed by atoms with Crippen molar-refractivity contribution < 1.29 is 22.4 Å². The Balaban J connectivity index is 1.61. The summed E-state index contributed by atoms with van der Waals surface area (Å²) in [6.07, 6.45) is 1.50. The molecular formula is C23H18FN3O4S. The van der Waals surface area contributed by atoms with Gasteiger partial charge in [-0.2, -0.15) is 0 Å². The van der Waals surface area contributed by atoms with Gasteiger partial charge < -0.3 is 5.32 Å². The number of primary sulfonamides is 1. The summed E-state index contributed by atoms with van der Waals surface area (Å²) in [5.41, 5.74) is 3.32. The fraction of sp³-hybridized carbons (Fsp3) is 0.0435. The fourth-order valence-corrected chi connectivity index (χ4v) is 3.87. The Morgan fingerprint density at radius 2 is 1.53 bits per heavy atom. The number of hydrogen-bond donors (Lipinski definition) is 3. The van der Waals surface area contributed by atoms with Crippen LogP contribution in [-0.4, -0.2) is 20.2 Å². The van der Waals surface area contributed by atoms with E-state index in [-0.39, 0.29) is 16.3 Å². The molecule has 162 valence electrons. The highest BCUT2D eigenvalue weighted by Crippen LogP contribution is 2.29. The zero-order chi connectivity index (χ0) is 22.9. The maximum Gasteiger partial charge on any atom is 0.260 e. The molecule has 3 aromatic carbocycles. The number of carbonyl (C=O) groups is 2. The van der Waals surface area contributed by atoms with Gasteiger partial charge in [-0.3, -0.25) is 14.9 Å². The minimum absolute atomic E-state index is 0.00650. The lowest BCUT2D eigenvalue weighted by atomic mass is 9.91. The van der Waals surface area contributed by atoms with Gasteiger partial charge in [-0.1, -0.05) is 30.3 Å². The topological polar surface area (TPSA) is 118 Å². The number of hydrogen-bond acceptors (Lipinski definition) is 5. The highest BCUT2D eigenvalue weighted by atomic mass is 32.2. The van der Waals surface area contributed by atoms with E-state index in [1.807, 2.05) is 0 Å². The standard InChI is InChI=1S/C23H18FN3O4S/c24-17-6-3-15(4-7-17)16-5-10-19-20(11-16)21(23(29)27-22(19)28)13-26-12-14-1-8-18(9-2-14)32(25,30)31/h1-11,13,26H,12H2,(H2,25,30,31)(H,27,28,29). The summed E-state index contributed by atoms with van der Waals surface area (Å²) in [7, 11) is -3.77. The molecule has 1 aliphatic rings. The molecule has 0 saturated heterocycles. The Bertz CT molecular complexity index is 1350. The molecule has 0 aliphatic carbocycles. The van der Waals surface area contributed by atoms with Crippen molar-refractivity contribution in [3.05, 3.63) is 95.4 Å². The summed E-state index contributed by atoms with van der Waals surface area (Å²) in [5, 5.41) is 10.4. The summed E-state index contributed by atoms with van der Waals surface area (Å²) in [6, 6.07) is 17.0. The maximum absolute atomic E-state index is 13.2. The molecule has 9 heteroatoms. The number of halogens is 1. The smallest absolute Gasteiger partial charge is 0.260 e. The Hall–Kier alpha value is -3.82. The molecule has 3 aromatic rings. The molecule has 0 unspecified atom stereocenters. The molecule has 0 saturated carbocycles. The van der Waals surface area contributed by atoms with Gasteiger partial charge in [0.15, 0.2) is 0 Å². The third kappa shape index (κ3) is 4.43. The molecule has 4 rings (SSSR count). The highest BCUT2D eigenvalue weighted by molar-refractivity contribution is 7.89. The molecule has 0 fully saturated rings. The van der Waals surface area contributed by atoms with Crippen LogP contribution in [0.4, 0.5) is 4.39 Å². The van der Waals surface area contributed by atoms with Crippen molar-refractivity contribution in [1.29, 1.82) is 0 Å². The van der Waals surface area contributed by atoms with Crippen molar-refractivity contribution in [2.45, 2.75) is 11.4 Å². The van der Waals surface area contributed by atoms with Gasteiger partial charge in [0.25, 0.3) is 11.8 Å². The number of benzene rings is 3. The van der Waals surface area contributed by atoms with Gasteiger partial charge in [-0.15, -0.1) is 0 Å². The molecule has 1 aliphatic heterocycles. The molecule has 1 heterocycles. The maximum atomic E-state index is 13.2. The van der Waals surface area contributed by atoms with Gasteiger partial charge in [-0.25, -0.2) is 17.9 Å². The summed E-state index contributed by atoms with van der Waals surface area (Å²) in [4.78, 5) is 24.7. The molecule has 0 radical (unpaired) electrons. The molecular weight excluding hydrogens is 433 g/mol. The normalized spacial score (nSPS) is 14.8. The largest absolute Gasteiger partial charge is 0.386 e. The average Bonchev–Trinajstić information content (AvgIpc) is 2.76. The zero-order valence-corrected chi connectivity index (χ0v) is 17.4. The van der Waals surface area contributed by atoms with Crippen molar-refractivity contribution in [2.75, 3.05) is 0 Å². The van der Waals surface area contributed by atoms with Crippen LogP contribution in [0.15, 0.2) is 77.8 Å². The second kappa shape index (κ2) is 8.37. The predicted octanol–water partition coefficient (Wildman–Crippen LogP) is 2.54. The second-order valence-corrected chi connectivity index (χ2v) is 8.74. The molecule has 7 nitrogen and oxygen atoms in total. The summed E-state index contributed by atoms with van der Waals surface area (Å²) >= 11 is 0. The quantitative estimate of drug-likeness (QED) is 0.407. The number of fused-ring (bicyclic) bond motifs is 1. The van der Waals surface area contributed by atoms with Gasteiger partial charge in [-0.05, 0) is 53.1 Å². The number of amides is 2. The van der Waals surface area contributed by atoms with Gasteiger partial charge in [0.2, 0.25) is 10.0 Å². The van der Waals surface area contributed by atoms with E-state index in [4.69, 9.17) is 5.14 Å². The molecule has 0 atom stereocenters. The van der Waals surface area contributed by atoms with E-state index in [0.29, 0.717) is 17.7 Å². The van der Waals surface area contributed by atoms with Crippen LogP contribution in [-0.2, 0) is 21.4 Å². The van der Waals surface area contributed by atoms with Crippen molar-refractivity contribution in [1.82, 2.24) is 10.6 Å². The van der Waals surface area contributed by atoms with Gasteiger partial charge in [0, 0.05) is 23.9 Å². The van der Waals surface area contributed by atoms with Crippen molar-refractivity contribution in [2.24, 2.45) is 5.14 Å². The van der Waals surface area contributed by atoms with Crippen LogP contribution in [0.25, 0.3) is 16.7 Å². The van der Waals surface area contributed by atoms with E-state index in [2.05, 4.69) is 10.6 Å². The molecule has 2 amide bonds. The lowest BCUT2D eigenvalue weighted by Gasteiger charge is -2.19. The van der Waals surface area contributed by atoms with Gasteiger partial charge in [0.1, 0.15) is 5.82 Å². The minimum Gasteiger partial charge on any atom is -0.386 e. The van der Waals surface area contributed by atoms with E-state index in [0.717, 1.165) is 16.7 Å². The van der Waals surface area contributed by atoms with Crippen LogP contribution in [0.5, 0.6) is 0 Å². The van der Waals surface area contributed by atoms with E-state index in [1.54, 1.807) is 42.5 Å². The number of carbonyl (C=O) groups excluding carboxylic acids is 2. The molecule has 4 N–H and O–H groups in total. The van der Waals surface area contributed by atoms with Crippen LogP contribution < -0.4 is 15.8 Å². The van der Waals surface area contributed by atoms with Crippen LogP contribution in [0, 0.1) is 5.82 Å². The lowest BCUT2D eigenvalue weighted by molar-refractivity contribution is -0.114. The third-order valence-corrected chi connectivity index (χ3v) is 5.94. The van der Waals surface area contributed by atoms with Crippen molar-refractivity contribution in [3.63, 3.8) is 0 Å². The predicted molar refractivity (Wildman–Crippen MR) is 117 cm³/mol. The van der Waals surface area contributed by atoms with E-state index >= 15 is 0 Å². The fourth-order valence-electron chi connectivity index (χ4n) is 3.36. The van der Waals surface area contributed by atoms with E-state index in [9.17, 15) is 22.4 Å². The van der Waals surface area contributed by atoms with Crippen LogP contribution in [0.1, 0.15) is 21.5 Å². The summed E-state index contributed by atoms with van der Waals surface area (Å²) in [5.74, 6) is -1.40. The van der Waals surface area contributed by atoms with Crippen molar-refractivity contribution in [3.8, 4) is 11.1 Å². The third-order valence-electron chi connectivity index (χ3n) is 5.01. The Labute approximate surface area is 183 Å². The van der Waals surface area contributed by atoms with Crippen LogP contribution in [0.3, 0.4) is 0 Å². The SMILES string of the molecule is NS(=O)(=O)c1ccc(CNC=C2C(=O)NC(=O)c3ccc(-c4ccc(F)cc4)cc32)cc1. The zero-order valence-electron chi connectivity index (χ0n) is 16.6. The second-order valence-electron chi connectivity index (χ2n) is 7.18. The molecule has 0 spiro atoms. The highest BCUT2D eigenvalue weighted by Gasteiger charge is 2.27. The molecule has 0 bridgehead atoms. The first-order valence-corrected chi connectivity index (χ1v) is 11.1. The minimum atomic E-state index is -3.77. The molecule has 32 heavy (non-hydrogen) atoms. The summed E-state index contributed by atoms with van der Waals surface area (Å²) in [6.45, 7) is 0.308. The summed E-state index contributed by atoms with van der Waals surface area (Å²) < 4.78 is 36.0. The van der Waals surface area contributed by atoms with E-state index < -0.39 is 21.8 Å². The van der Waals surface area contributed by atoms with Gasteiger partial charge in [0.05, 0.1) is 10.5 Å². The first kappa shape index (κ1) is 21.4. The monoisotopic (exact) mass is 451 g/mol. The number of nitrogens with one attached hydrogen (secondary N) is 2. The Morgan fingerprint density at radius 3 is 2.19 bits per heavy atom. The lowest BCUT2D eigenvalue weighted by Crippen LogP contribution is -2.37. The number of nitrogens with two attached hydrogens (primary N) is 1. The van der Waals surface area contributed by atoms with Crippen LogP contribution in [0.2, 0.25) is 0 Å². The number of imide groups is 1. The van der Waals surface area contributed by atoms with Gasteiger partial charge >= 0.3 is 0 Å². The first-order chi connectivity index (χ1) is 15.2. The number of sulfonamides is 1. The number of rotatable bonds is 5. The molecule has 0 aromatic heterocycles.